The Bertz CT molecular complexity index is 1190. The molecule has 0 bridgehead atoms. The van der Waals surface area contributed by atoms with Gasteiger partial charge in [0.2, 0.25) is 5.89 Å². The summed E-state index contributed by atoms with van der Waals surface area (Å²) in [6.07, 6.45) is 0. The molecule has 4 rings (SSSR count). The van der Waals surface area contributed by atoms with E-state index in [1.165, 1.54) is 0 Å². The molecule has 28 heavy (non-hydrogen) atoms. The van der Waals surface area contributed by atoms with E-state index in [1.807, 2.05) is 6.07 Å². The molecule has 0 spiro atoms. The normalized spacial score (nSPS) is 10.8. The first kappa shape index (κ1) is 18.3. The highest BCUT2D eigenvalue weighted by atomic mass is 35.5. The molecular formula is C21H14Cl2N2O3. The molecule has 1 heterocycles. The third-order valence-corrected chi connectivity index (χ3v) is 4.61. The molecule has 5 nitrogen and oxygen atoms in total. The third-order valence-electron chi connectivity index (χ3n) is 4.11. The summed E-state index contributed by atoms with van der Waals surface area (Å²) in [5.41, 5.74) is 2.83. The highest BCUT2D eigenvalue weighted by Crippen LogP contribution is 2.32. The second-order valence-corrected chi connectivity index (χ2v) is 6.87. The average Bonchev–Trinajstić information content (AvgIpc) is 3.13. The van der Waals surface area contributed by atoms with Gasteiger partial charge >= 0.3 is 0 Å². The number of rotatable bonds is 4. The number of hydrogen-bond donors (Lipinski definition) is 1. The van der Waals surface area contributed by atoms with E-state index < -0.39 is 0 Å². The van der Waals surface area contributed by atoms with Gasteiger partial charge < -0.3 is 14.5 Å². The minimum atomic E-state index is -0.247. The van der Waals surface area contributed by atoms with E-state index in [9.17, 15) is 4.79 Å². The van der Waals surface area contributed by atoms with Gasteiger partial charge in [-0.15, -0.1) is 0 Å². The number of carbonyl (C=O) groups is 1. The quantitative estimate of drug-likeness (QED) is 0.442. The first-order chi connectivity index (χ1) is 13.5. The van der Waals surface area contributed by atoms with Crippen molar-refractivity contribution in [2.75, 3.05) is 12.4 Å². The lowest BCUT2D eigenvalue weighted by Gasteiger charge is -2.07. The lowest BCUT2D eigenvalue weighted by molar-refractivity contribution is 0.102. The molecule has 0 fully saturated rings. The minimum Gasteiger partial charge on any atom is -0.497 e. The van der Waals surface area contributed by atoms with Crippen molar-refractivity contribution in [3.63, 3.8) is 0 Å². The number of nitrogens with zero attached hydrogens (tertiary/aromatic N) is 1. The summed E-state index contributed by atoms with van der Waals surface area (Å²) < 4.78 is 10.9. The van der Waals surface area contributed by atoms with Gasteiger partial charge in [0.05, 0.1) is 12.1 Å². The van der Waals surface area contributed by atoms with Crippen molar-refractivity contribution >= 4 is 45.9 Å². The van der Waals surface area contributed by atoms with Crippen LogP contribution in [0.5, 0.6) is 5.75 Å². The van der Waals surface area contributed by atoms with Crippen LogP contribution in [0.3, 0.4) is 0 Å². The number of carbonyl (C=O) groups excluding carboxylic acids is 1. The Morgan fingerprint density at radius 1 is 1.07 bits per heavy atom. The van der Waals surface area contributed by atoms with Gasteiger partial charge in [0.25, 0.3) is 5.91 Å². The van der Waals surface area contributed by atoms with Gasteiger partial charge in [-0.1, -0.05) is 35.3 Å². The van der Waals surface area contributed by atoms with Gasteiger partial charge in [0.1, 0.15) is 11.3 Å². The number of ether oxygens (including phenoxy) is 1. The van der Waals surface area contributed by atoms with Crippen molar-refractivity contribution in [2.45, 2.75) is 0 Å². The molecule has 3 aromatic carbocycles. The van der Waals surface area contributed by atoms with Gasteiger partial charge in [0, 0.05) is 21.8 Å². The predicted octanol–water partition coefficient (Wildman–Crippen LogP) is 6.06. The molecule has 1 N–H and O–H groups in total. The summed E-state index contributed by atoms with van der Waals surface area (Å²) in [5, 5.41) is 3.74. The molecule has 0 aliphatic heterocycles. The summed E-state index contributed by atoms with van der Waals surface area (Å²) in [6.45, 7) is 0. The molecule has 1 aromatic heterocycles. The zero-order chi connectivity index (χ0) is 19.7. The number of oxazole rings is 1. The van der Waals surface area contributed by atoms with Crippen LogP contribution in [0.25, 0.3) is 22.6 Å². The van der Waals surface area contributed by atoms with E-state index >= 15 is 0 Å². The molecule has 0 atom stereocenters. The number of halogens is 2. The van der Waals surface area contributed by atoms with Crippen molar-refractivity contribution in [1.82, 2.24) is 4.98 Å². The van der Waals surface area contributed by atoms with E-state index in [4.69, 9.17) is 32.4 Å². The topological polar surface area (TPSA) is 64.4 Å². The molecule has 0 unspecified atom stereocenters. The first-order valence-corrected chi connectivity index (χ1v) is 9.10. The van der Waals surface area contributed by atoms with Crippen molar-refractivity contribution in [1.29, 1.82) is 0 Å². The number of fused-ring (bicyclic) bond motifs is 1. The fourth-order valence-corrected chi connectivity index (χ4v) is 3.30. The maximum absolute atomic E-state index is 12.5. The second kappa shape index (κ2) is 7.54. The van der Waals surface area contributed by atoms with Crippen LogP contribution >= 0.6 is 23.2 Å². The maximum Gasteiger partial charge on any atom is 0.255 e. The Balaban J connectivity index is 1.63. The number of nitrogens with one attached hydrogen (secondary N) is 1. The van der Waals surface area contributed by atoms with Crippen molar-refractivity contribution in [2.24, 2.45) is 0 Å². The highest BCUT2D eigenvalue weighted by Gasteiger charge is 2.13. The SMILES string of the molecule is COc1cccc(C(=O)Nc2cccc(-c3nc4cc(Cl)cc(Cl)c4o3)c2)c1. The Kier molecular flexibility index (Phi) is 4.94. The predicted molar refractivity (Wildman–Crippen MR) is 110 cm³/mol. The zero-order valence-electron chi connectivity index (χ0n) is 14.7. The van der Waals surface area contributed by atoms with Crippen LogP contribution in [0.2, 0.25) is 10.0 Å². The van der Waals surface area contributed by atoms with Gasteiger partial charge in [-0.25, -0.2) is 4.98 Å². The molecule has 140 valence electrons. The van der Waals surface area contributed by atoms with Crippen molar-refractivity contribution in [3.05, 3.63) is 76.3 Å². The molecule has 0 radical (unpaired) electrons. The van der Waals surface area contributed by atoms with Crippen LogP contribution in [-0.4, -0.2) is 18.0 Å². The van der Waals surface area contributed by atoms with Crippen LogP contribution in [-0.2, 0) is 0 Å². The molecule has 1 amide bonds. The standard InChI is InChI=1S/C21H14Cl2N2O3/c1-27-16-7-3-4-12(9-16)20(26)24-15-6-2-5-13(8-15)21-25-18-11-14(22)10-17(23)19(18)28-21/h2-11H,1H3,(H,24,26). The number of methoxy groups -OCH3 is 1. The zero-order valence-corrected chi connectivity index (χ0v) is 16.2. The maximum atomic E-state index is 12.5. The lowest BCUT2D eigenvalue weighted by Crippen LogP contribution is -2.11. The van der Waals surface area contributed by atoms with Crippen LogP contribution in [0.4, 0.5) is 5.69 Å². The Morgan fingerprint density at radius 3 is 2.71 bits per heavy atom. The Labute approximate surface area is 170 Å². The third kappa shape index (κ3) is 3.67. The van der Waals surface area contributed by atoms with E-state index in [0.717, 1.165) is 0 Å². The van der Waals surface area contributed by atoms with E-state index in [2.05, 4.69) is 10.3 Å². The molecule has 0 saturated carbocycles. The number of hydrogen-bond acceptors (Lipinski definition) is 4. The van der Waals surface area contributed by atoms with Crippen molar-refractivity contribution < 1.29 is 13.9 Å². The molecular weight excluding hydrogens is 399 g/mol. The summed E-state index contributed by atoms with van der Waals surface area (Å²) >= 11 is 12.2. The lowest BCUT2D eigenvalue weighted by atomic mass is 10.1. The first-order valence-electron chi connectivity index (χ1n) is 8.35. The minimum absolute atomic E-state index is 0.247. The van der Waals surface area contributed by atoms with E-state index in [1.54, 1.807) is 61.7 Å². The molecule has 4 aromatic rings. The fourth-order valence-electron chi connectivity index (χ4n) is 2.78. The Morgan fingerprint density at radius 2 is 1.89 bits per heavy atom. The Hall–Kier alpha value is -3.02. The largest absolute Gasteiger partial charge is 0.497 e. The number of anilines is 1. The highest BCUT2D eigenvalue weighted by molar-refractivity contribution is 6.38. The number of benzene rings is 3. The van der Waals surface area contributed by atoms with Gasteiger partial charge in [-0.3, -0.25) is 4.79 Å². The molecule has 7 heteroatoms. The summed E-state index contributed by atoms with van der Waals surface area (Å²) in [6, 6.07) is 17.4. The van der Waals surface area contributed by atoms with Crippen molar-refractivity contribution in [3.8, 4) is 17.2 Å². The van der Waals surface area contributed by atoms with Crippen LogP contribution in [0, 0.1) is 0 Å². The van der Waals surface area contributed by atoms with Crippen LogP contribution in [0.1, 0.15) is 10.4 Å². The molecule has 0 aliphatic carbocycles. The second-order valence-electron chi connectivity index (χ2n) is 6.02. The summed E-state index contributed by atoms with van der Waals surface area (Å²) in [7, 11) is 1.56. The van der Waals surface area contributed by atoms with Gasteiger partial charge in [0.15, 0.2) is 5.58 Å². The van der Waals surface area contributed by atoms with Crippen LogP contribution in [0.15, 0.2) is 65.1 Å². The smallest absolute Gasteiger partial charge is 0.255 e. The molecule has 0 aliphatic rings. The number of amides is 1. The average molecular weight is 413 g/mol. The number of aromatic nitrogens is 1. The summed E-state index contributed by atoms with van der Waals surface area (Å²) in [4.78, 5) is 17.0. The molecule has 0 saturated heterocycles. The monoisotopic (exact) mass is 412 g/mol. The van der Waals surface area contributed by atoms with E-state index in [-0.39, 0.29) is 5.91 Å². The fraction of sp³-hybridized carbons (Fsp3) is 0.0476. The van der Waals surface area contributed by atoms with E-state index in [0.29, 0.717) is 49.6 Å². The van der Waals surface area contributed by atoms with Crippen LogP contribution < -0.4 is 10.1 Å². The van der Waals surface area contributed by atoms with Gasteiger partial charge in [-0.05, 0) is 48.5 Å². The van der Waals surface area contributed by atoms with Gasteiger partial charge in [-0.2, -0.15) is 0 Å². The summed E-state index contributed by atoms with van der Waals surface area (Å²) in [5.74, 6) is 0.753.